The van der Waals surface area contributed by atoms with Crippen LogP contribution in [0.5, 0.6) is 0 Å². The Hall–Kier alpha value is -0.900. The number of carbonyl (C=O) groups excluding carboxylic acids is 1. The summed E-state index contributed by atoms with van der Waals surface area (Å²) in [5.74, 6) is -0.0162. The maximum Gasteiger partial charge on any atom is 0.185 e. The first-order valence-electron chi connectivity index (χ1n) is 5.39. The average molecular weight is 403 g/mol. The SMILES string of the molecule is Br.O=C(C=Cc1ccc(Cl)cc1)c1ccc(Br)cc1. The smallest absolute Gasteiger partial charge is 0.185 e. The van der Waals surface area contributed by atoms with E-state index in [0.29, 0.717) is 10.6 Å². The minimum Gasteiger partial charge on any atom is -0.289 e. The van der Waals surface area contributed by atoms with Crippen molar-refractivity contribution in [2.75, 3.05) is 0 Å². The van der Waals surface area contributed by atoms with E-state index in [0.717, 1.165) is 10.0 Å². The van der Waals surface area contributed by atoms with Crippen molar-refractivity contribution in [2.45, 2.75) is 0 Å². The molecule has 0 bridgehead atoms. The van der Waals surface area contributed by atoms with Crippen molar-refractivity contribution in [1.82, 2.24) is 0 Å². The van der Waals surface area contributed by atoms with Crippen LogP contribution in [-0.2, 0) is 0 Å². The fourth-order valence-electron chi connectivity index (χ4n) is 1.46. The molecular formula is C15H11Br2ClO. The van der Waals surface area contributed by atoms with E-state index in [-0.39, 0.29) is 22.8 Å². The number of allylic oxidation sites excluding steroid dienone is 1. The van der Waals surface area contributed by atoms with Gasteiger partial charge in [-0.2, -0.15) is 0 Å². The minimum atomic E-state index is -0.0162. The molecule has 0 aliphatic rings. The van der Waals surface area contributed by atoms with Gasteiger partial charge in [0.25, 0.3) is 0 Å². The van der Waals surface area contributed by atoms with Crippen molar-refractivity contribution in [1.29, 1.82) is 0 Å². The van der Waals surface area contributed by atoms with Crippen LogP contribution in [0.3, 0.4) is 0 Å². The highest BCUT2D eigenvalue weighted by Crippen LogP contribution is 2.13. The molecule has 0 amide bonds. The number of ketones is 1. The van der Waals surface area contributed by atoms with E-state index in [1.54, 1.807) is 36.4 Å². The molecule has 0 aromatic heterocycles. The number of carbonyl (C=O) groups is 1. The molecule has 0 aliphatic carbocycles. The van der Waals surface area contributed by atoms with E-state index in [9.17, 15) is 4.79 Å². The lowest BCUT2D eigenvalue weighted by Gasteiger charge is -1.96. The van der Waals surface area contributed by atoms with Crippen LogP contribution in [0.15, 0.2) is 59.1 Å². The Kier molecular flexibility index (Phi) is 6.49. The summed E-state index contributed by atoms with van der Waals surface area (Å²) in [4.78, 5) is 11.9. The van der Waals surface area contributed by atoms with Gasteiger partial charge in [-0.1, -0.05) is 45.7 Å². The highest BCUT2D eigenvalue weighted by Gasteiger charge is 2.00. The molecule has 0 N–H and O–H groups in total. The first-order valence-corrected chi connectivity index (χ1v) is 6.56. The normalized spacial score (nSPS) is 10.2. The third-order valence-corrected chi connectivity index (χ3v) is 3.21. The molecule has 0 saturated carbocycles. The van der Waals surface area contributed by atoms with E-state index in [1.807, 2.05) is 24.3 Å². The van der Waals surface area contributed by atoms with Crippen LogP contribution in [-0.4, -0.2) is 5.78 Å². The summed E-state index contributed by atoms with van der Waals surface area (Å²) >= 11 is 9.12. The zero-order valence-corrected chi connectivity index (χ0v) is 13.9. The van der Waals surface area contributed by atoms with Gasteiger partial charge in [-0.3, -0.25) is 4.79 Å². The van der Waals surface area contributed by atoms with Gasteiger partial charge in [-0.25, -0.2) is 0 Å². The van der Waals surface area contributed by atoms with Crippen molar-refractivity contribution in [3.63, 3.8) is 0 Å². The zero-order valence-electron chi connectivity index (χ0n) is 9.85. The molecule has 1 nitrogen and oxygen atoms in total. The molecule has 4 heteroatoms. The fourth-order valence-corrected chi connectivity index (χ4v) is 1.85. The van der Waals surface area contributed by atoms with Crippen molar-refractivity contribution >= 4 is 56.4 Å². The average Bonchev–Trinajstić information content (AvgIpc) is 2.38. The second kappa shape index (κ2) is 7.63. The highest BCUT2D eigenvalue weighted by atomic mass is 79.9. The van der Waals surface area contributed by atoms with Gasteiger partial charge in [-0.05, 0) is 48.0 Å². The van der Waals surface area contributed by atoms with Gasteiger partial charge in [0.2, 0.25) is 0 Å². The molecule has 0 unspecified atom stereocenters. The Bertz CT molecular complexity index is 574. The molecule has 0 atom stereocenters. The lowest BCUT2D eigenvalue weighted by atomic mass is 10.1. The van der Waals surface area contributed by atoms with Crippen LogP contribution < -0.4 is 0 Å². The predicted octanol–water partition coefficient (Wildman–Crippen LogP) is 5.58. The maximum atomic E-state index is 11.9. The van der Waals surface area contributed by atoms with Crippen LogP contribution in [0.4, 0.5) is 0 Å². The zero-order chi connectivity index (χ0) is 13.0. The molecule has 0 heterocycles. The standard InChI is InChI=1S/C15H10BrClO.BrH/c16-13-6-4-12(5-7-13)15(18)10-3-11-1-8-14(17)9-2-11;/h1-10H;1H. The summed E-state index contributed by atoms with van der Waals surface area (Å²) in [6, 6.07) is 14.6. The minimum absolute atomic E-state index is 0. The fraction of sp³-hybridized carbons (Fsp3) is 0. The second-order valence-electron chi connectivity index (χ2n) is 3.76. The molecule has 98 valence electrons. The molecular weight excluding hydrogens is 391 g/mol. The van der Waals surface area contributed by atoms with Crippen LogP contribution >= 0.6 is 44.5 Å². The topological polar surface area (TPSA) is 17.1 Å². The monoisotopic (exact) mass is 400 g/mol. The van der Waals surface area contributed by atoms with Crippen molar-refractivity contribution in [3.05, 3.63) is 75.2 Å². The van der Waals surface area contributed by atoms with E-state index in [4.69, 9.17) is 11.6 Å². The number of hydrogen-bond donors (Lipinski definition) is 0. The number of halogens is 3. The Balaban J connectivity index is 0.00000180. The number of benzene rings is 2. The predicted molar refractivity (Wildman–Crippen MR) is 89.3 cm³/mol. The van der Waals surface area contributed by atoms with Gasteiger partial charge in [0.1, 0.15) is 0 Å². The molecule has 0 saturated heterocycles. The third kappa shape index (κ3) is 4.94. The molecule has 0 fully saturated rings. The van der Waals surface area contributed by atoms with Crippen LogP contribution in [0.25, 0.3) is 6.08 Å². The first kappa shape index (κ1) is 16.2. The van der Waals surface area contributed by atoms with Gasteiger partial charge in [0.15, 0.2) is 5.78 Å². The summed E-state index contributed by atoms with van der Waals surface area (Å²) in [5, 5.41) is 0.686. The van der Waals surface area contributed by atoms with Gasteiger partial charge in [-0.15, -0.1) is 17.0 Å². The van der Waals surface area contributed by atoms with Gasteiger partial charge in [0, 0.05) is 15.1 Å². The lowest BCUT2D eigenvalue weighted by Crippen LogP contribution is -1.92. The molecule has 19 heavy (non-hydrogen) atoms. The summed E-state index contributed by atoms with van der Waals surface area (Å²) in [6.45, 7) is 0. The largest absolute Gasteiger partial charge is 0.289 e. The first-order chi connectivity index (χ1) is 8.65. The van der Waals surface area contributed by atoms with Crippen molar-refractivity contribution in [2.24, 2.45) is 0 Å². The summed E-state index contributed by atoms with van der Waals surface area (Å²) in [7, 11) is 0. The van der Waals surface area contributed by atoms with E-state index < -0.39 is 0 Å². The van der Waals surface area contributed by atoms with Gasteiger partial charge in [0.05, 0.1) is 0 Å². The molecule has 2 aromatic rings. The highest BCUT2D eigenvalue weighted by molar-refractivity contribution is 9.10. The van der Waals surface area contributed by atoms with Crippen molar-refractivity contribution < 1.29 is 4.79 Å². The lowest BCUT2D eigenvalue weighted by molar-refractivity contribution is 0.104. The molecule has 2 rings (SSSR count). The van der Waals surface area contributed by atoms with E-state index in [2.05, 4.69) is 15.9 Å². The Morgan fingerprint density at radius 3 is 2.16 bits per heavy atom. The second-order valence-corrected chi connectivity index (χ2v) is 5.11. The van der Waals surface area contributed by atoms with Crippen LogP contribution in [0.2, 0.25) is 5.02 Å². The Morgan fingerprint density at radius 1 is 1.00 bits per heavy atom. The maximum absolute atomic E-state index is 11.9. The quantitative estimate of drug-likeness (QED) is 0.484. The summed E-state index contributed by atoms with van der Waals surface area (Å²) < 4.78 is 0.959. The van der Waals surface area contributed by atoms with Crippen molar-refractivity contribution in [3.8, 4) is 0 Å². The van der Waals surface area contributed by atoms with E-state index >= 15 is 0 Å². The van der Waals surface area contributed by atoms with E-state index in [1.165, 1.54) is 0 Å². The molecule has 0 radical (unpaired) electrons. The van der Waals surface area contributed by atoms with Crippen LogP contribution in [0.1, 0.15) is 15.9 Å². The Morgan fingerprint density at radius 2 is 1.58 bits per heavy atom. The number of rotatable bonds is 3. The molecule has 0 aliphatic heterocycles. The summed E-state index contributed by atoms with van der Waals surface area (Å²) in [5.41, 5.74) is 1.62. The molecule has 2 aromatic carbocycles. The Labute approximate surface area is 136 Å². The summed E-state index contributed by atoms with van der Waals surface area (Å²) in [6.07, 6.45) is 3.34. The number of hydrogen-bond acceptors (Lipinski definition) is 1. The van der Waals surface area contributed by atoms with Gasteiger partial charge < -0.3 is 0 Å². The van der Waals surface area contributed by atoms with Gasteiger partial charge >= 0.3 is 0 Å². The third-order valence-electron chi connectivity index (χ3n) is 2.43. The van der Waals surface area contributed by atoms with Crippen LogP contribution in [0, 0.1) is 0 Å². The molecule has 0 spiro atoms.